The van der Waals surface area contributed by atoms with Crippen molar-refractivity contribution in [2.24, 2.45) is 17.6 Å². The van der Waals surface area contributed by atoms with Gasteiger partial charge in [-0.05, 0) is 49.9 Å². The molecule has 5 N–H and O–H groups in total. The Morgan fingerprint density at radius 3 is 2.38 bits per heavy atom. The summed E-state index contributed by atoms with van der Waals surface area (Å²) in [6, 6.07) is 7.15. The van der Waals surface area contributed by atoms with Crippen molar-refractivity contribution in [3.63, 3.8) is 0 Å². The van der Waals surface area contributed by atoms with Crippen LogP contribution in [-0.2, 0) is 9.59 Å². The number of rotatable bonds is 5. The number of primary amides is 1. The highest BCUT2D eigenvalue weighted by molar-refractivity contribution is 5.75. The second kappa shape index (κ2) is 9.40. The van der Waals surface area contributed by atoms with Gasteiger partial charge in [0.2, 0.25) is 0 Å². The Balaban J connectivity index is 0.000000552. The largest absolute Gasteiger partial charge is 0.484 e. The predicted octanol–water partition coefficient (Wildman–Crippen LogP) is 0.379. The summed E-state index contributed by atoms with van der Waals surface area (Å²) in [7, 11) is 0. The normalized spacial score (nSPS) is 26.8. The molecule has 2 fully saturated rings. The third kappa shape index (κ3) is 5.89. The quantitative estimate of drug-likeness (QED) is 0.592. The molecule has 3 rings (SSSR count). The number of para-hydroxylation sites is 2. The van der Waals surface area contributed by atoms with Crippen LogP contribution >= 0.6 is 0 Å². The van der Waals surface area contributed by atoms with Crippen LogP contribution in [0.25, 0.3) is 0 Å². The maximum Gasteiger partial charge on any atom is 0.300 e. The lowest BCUT2D eigenvalue weighted by atomic mass is 9.78. The molecule has 1 aliphatic heterocycles. The molecule has 1 saturated heterocycles. The maximum absolute atomic E-state index is 10.9. The number of fused-ring (bicyclic) bond motifs is 1. The van der Waals surface area contributed by atoms with Gasteiger partial charge in [-0.2, -0.15) is 0 Å². The van der Waals surface area contributed by atoms with Gasteiger partial charge in [0, 0.05) is 6.92 Å². The highest BCUT2D eigenvalue weighted by atomic mass is 16.5. The molecule has 1 aromatic rings. The number of carbonyl (C=O) groups is 2. The molecule has 4 atom stereocenters. The van der Waals surface area contributed by atoms with Crippen LogP contribution in [0.2, 0.25) is 0 Å². The Morgan fingerprint density at radius 1 is 1.19 bits per heavy atom. The van der Waals surface area contributed by atoms with Crippen molar-refractivity contribution in [3.05, 3.63) is 24.3 Å². The summed E-state index contributed by atoms with van der Waals surface area (Å²) in [6.45, 7) is 2.85. The van der Waals surface area contributed by atoms with Crippen molar-refractivity contribution in [3.8, 4) is 11.5 Å². The Kier molecular flexibility index (Phi) is 7.23. The van der Waals surface area contributed by atoms with Gasteiger partial charge in [0.05, 0.1) is 6.10 Å². The highest BCUT2D eigenvalue weighted by Gasteiger charge is 2.40. The molecular formula is C18H26N2O6. The minimum Gasteiger partial charge on any atom is -0.484 e. The first-order valence-electron chi connectivity index (χ1n) is 8.62. The minimum atomic E-state index is -0.833. The summed E-state index contributed by atoms with van der Waals surface area (Å²) in [5.74, 6) is 0.730. The number of carboxylic acids is 1. The van der Waals surface area contributed by atoms with Crippen LogP contribution in [0.3, 0.4) is 0 Å². The minimum absolute atomic E-state index is 0.192. The monoisotopic (exact) mass is 366 g/mol. The van der Waals surface area contributed by atoms with Crippen molar-refractivity contribution in [2.45, 2.75) is 32.0 Å². The Labute approximate surface area is 152 Å². The van der Waals surface area contributed by atoms with Crippen LogP contribution in [-0.4, -0.2) is 54.0 Å². The van der Waals surface area contributed by atoms with Gasteiger partial charge >= 0.3 is 0 Å². The number of hydrogen-bond acceptors (Lipinski definition) is 6. The van der Waals surface area contributed by atoms with E-state index < -0.39 is 18.0 Å². The lowest BCUT2D eigenvalue weighted by molar-refractivity contribution is -0.134. The van der Waals surface area contributed by atoms with Gasteiger partial charge in [-0.3, -0.25) is 9.59 Å². The van der Waals surface area contributed by atoms with E-state index in [1.165, 1.54) is 0 Å². The summed E-state index contributed by atoms with van der Waals surface area (Å²) in [5.41, 5.74) is 5.10. The molecule has 1 aliphatic carbocycles. The van der Waals surface area contributed by atoms with Crippen LogP contribution in [0.1, 0.15) is 19.8 Å². The fourth-order valence-electron chi connectivity index (χ4n) is 3.36. The van der Waals surface area contributed by atoms with Crippen LogP contribution in [0, 0.1) is 11.8 Å². The van der Waals surface area contributed by atoms with Crippen molar-refractivity contribution < 1.29 is 29.3 Å². The standard InChI is InChI=1S/C16H22N2O4.C2H4O2/c17-16(20)9-21-13-3-1-2-4-14(13)22-15-6-11-8-18-7-10(11)5-12(15)19;1-2(3)4/h1-4,10-12,15,18-19H,5-9H2,(H2,17,20);1H3,(H,3,4)/t10-,11+,12+,15+;/m0./s1. The molecule has 0 spiro atoms. The van der Waals surface area contributed by atoms with Crippen molar-refractivity contribution in [1.29, 1.82) is 0 Å². The number of carboxylic acid groups (broad SMARTS) is 1. The Morgan fingerprint density at radius 2 is 1.77 bits per heavy atom. The molecule has 1 amide bonds. The predicted molar refractivity (Wildman–Crippen MR) is 93.9 cm³/mol. The van der Waals surface area contributed by atoms with Crippen molar-refractivity contribution >= 4 is 11.9 Å². The fourth-order valence-corrected chi connectivity index (χ4v) is 3.36. The van der Waals surface area contributed by atoms with Gasteiger partial charge in [0.15, 0.2) is 18.1 Å². The molecule has 0 bridgehead atoms. The number of aliphatic hydroxyl groups is 1. The molecule has 1 heterocycles. The summed E-state index contributed by atoms with van der Waals surface area (Å²) in [4.78, 5) is 19.9. The molecule has 0 radical (unpaired) electrons. The zero-order valence-electron chi connectivity index (χ0n) is 14.8. The molecule has 0 unspecified atom stereocenters. The maximum atomic E-state index is 10.9. The fraction of sp³-hybridized carbons (Fsp3) is 0.556. The molecule has 1 saturated carbocycles. The first-order valence-corrected chi connectivity index (χ1v) is 8.62. The average Bonchev–Trinajstić information content (AvgIpc) is 3.01. The number of aliphatic carboxylic acids is 1. The Bertz CT molecular complexity index is 619. The second-order valence-corrected chi connectivity index (χ2v) is 6.59. The van der Waals surface area contributed by atoms with Gasteiger partial charge < -0.3 is 30.7 Å². The smallest absolute Gasteiger partial charge is 0.300 e. The summed E-state index contributed by atoms with van der Waals surface area (Å²) < 4.78 is 11.4. The van der Waals surface area contributed by atoms with Gasteiger partial charge in [-0.25, -0.2) is 0 Å². The second-order valence-electron chi connectivity index (χ2n) is 6.59. The van der Waals surface area contributed by atoms with E-state index in [-0.39, 0.29) is 12.7 Å². The molecule has 26 heavy (non-hydrogen) atoms. The zero-order chi connectivity index (χ0) is 19.1. The number of ether oxygens (including phenoxy) is 2. The lowest BCUT2D eigenvalue weighted by Crippen LogP contribution is -2.42. The van der Waals surface area contributed by atoms with Gasteiger partial charge in [0.1, 0.15) is 6.10 Å². The highest BCUT2D eigenvalue weighted by Crippen LogP contribution is 2.36. The van der Waals surface area contributed by atoms with Crippen LogP contribution in [0.5, 0.6) is 11.5 Å². The van der Waals surface area contributed by atoms with Crippen molar-refractivity contribution in [1.82, 2.24) is 5.32 Å². The van der Waals surface area contributed by atoms with E-state index in [0.717, 1.165) is 32.9 Å². The van der Waals surface area contributed by atoms with Gasteiger partial charge in [0.25, 0.3) is 11.9 Å². The number of nitrogens with two attached hydrogens (primary N) is 1. The number of carbonyl (C=O) groups excluding carboxylic acids is 1. The number of amides is 1. The van der Waals surface area contributed by atoms with E-state index in [9.17, 15) is 9.90 Å². The number of hydrogen-bond donors (Lipinski definition) is 4. The van der Waals surface area contributed by atoms with Crippen LogP contribution in [0.4, 0.5) is 0 Å². The van der Waals surface area contributed by atoms with E-state index in [4.69, 9.17) is 25.1 Å². The van der Waals surface area contributed by atoms with E-state index in [2.05, 4.69) is 5.32 Å². The third-order valence-corrected chi connectivity index (χ3v) is 4.49. The number of nitrogens with one attached hydrogen (secondary N) is 1. The third-order valence-electron chi connectivity index (χ3n) is 4.49. The average molecular weight is 366 g/mol. The molecule has 144 valence electrons. The summed E-state index contributed by atoms with van der Waals surface area (Å²) in [6.07, 6.45) is 0.847. The van der Waals surface area contributed by atoms with E-state index in [1.807, 2.05) is 6.07 Å². The van der Waals surface area contributed by atoms with Crippen LogP contribution in [0.15, 0.2) is 24.3 Å². The first-order chi connectivity index (χ1) is 12.4. The first kappa shape index (κ1) is 20.0. The molecular weight excluding hydrogens is 340 g/mol. The molecule has 8 heteroatoms. The molecule has 2 aliphatic rings. The number of aliphatic hydroxyl groups excluding tert-OH is 1. The van der Waals surface area contributed by atoms with E-state index >= 15 is 0 Å². The Hall–Kier alpha value is -2.32. The molecule has 0 aromatic heterocycles. The summed E-state index contributed by atoms with van der Waals surface area (Å²) in [5, 5.41) is 21.1. The number of benzene rings is 1. The van der Waals surface area contributed by atoms with E-state index in [1.54, 1.807) is 18.2 Å². The lowest BCUT2D eigenvalue weighted by Gasteiger charge is -2.35. The van der Waals surface area contributed by atoms with Crippen LogP contribution < -0.4 is 20.5 Å². The molecule has 8 nitrogen and oxygen atoms in total. The van der Waals surface area contributed by atoms with Crippen molar-refractivity contribution in [2.75, 3.05) is 19.7 Å². The molecule has 1 aromatic carbocycles. The SMILES string of the molecule is CC(=O)O.NC(=O)COc1ccccc1O[C@@H]1C[C@@H]2CNC[C@@H]2C[C@H]1O. The van der Waals surface area contributed by atoms with Gasteiger partial charge in [-0.15, -0.1) is 0 Å². The topological polar surface area (TPSA) is 131 Å². The van der Waals surface area contributed by atoms with E-state index in [0.29, 0.717) is 23.3 Å². The van der Waals surface area contributed by atoms with Gasteiger partial charge in [-0.1, -0.05) is 12.1 Å². The zero-order valence-corrected chi connectivity index (χ0v) is 14.8. The summed E-state index contributed by atoms with van der Waals surface area (Å²) >= 11 is 0.